The van der Waals surface area contributed by atoms with Crippen LogP contribution in [0, 0.1) is 0 Å². The van der Waals surface area contributed by atoms with E-state index in [4.69, 9.17) is 0 Å². The molecule has 0 aromatic heterocycles. The minimum absolute atomic E-state index is 0.344. The van der Waals surface area contributed by atoms with E-state index in [9.17, 15) is 5.11 Å². The summed E-state index contributed by atoms with van der Waals surface area (Å²) in [5.74, 6) is 0.344. The molecule has 1 N–H and O–H groups in total. The first-order chi connectivity index (χ1) is 10.8. The molecule has 22 heavy (non-hydrogen) atoms. The molecule has 0 saturated heterocycles. The highest BCUT2D eigenvalue weighted by Crippen LogP contribution is 2.14. The third kappa shape index (κ3) is 10.5. The van der Waals surface area contributed by atoms with Crippen molar-refractivity contribution >= 4 is 6.08 Å². The number of hydrogen-bond acceptors (Lipinski definition) is 1. The van der Waals surface area contributed by atoms with Gasteiger partial charge in [0.25, 0.3) is 0 Å². The van der Waals surface area contributed by atoms with Gasteiger partial charge < -0.3 is 5.11 Å². The molecule has 1 aromatic carbocycles. The van der Waals surface area contributed by atoms with Crippen molar-refractivity contribution in [3.05, 3.63) is 35.9 Å². The highest BCUT2D eigenvalue weighted by molar-refractivity contribution is 5.51. The highest BCUT2D eigenvalue weighted by atomic mass is 16.3. The molecule has 0 unspecified atom stereocenters. The summed E-state index contributed by atoms with van der Waals surface area (Å²) in [5, 5.41) is 9.38. The third-order valence-corrected chi connectivity index (χ3v) is 4.15. The summed E-state index contributed by atoms with van der Waals surface area (Å²) in [6.07, 6.45) is 20.8. The molecule has 0 radical (unpaired) electrons. The van der Waals surface area contributed by atoms with Gasteiger partial charge in [-0.05, 0) is 30.5 Å². The van der Waals surface area contributed by atoms with Crippen molar-refractivity contribution in [1.29, 1.82) is 0 Å². The van der Waals surface area contributed by atoms with Gasteiger partial charge in [-0.25, -0.2) is 0 Å². The lowest BCUT2D eigenvalue weighted by Crippen LogP contribution is -1.82. The van der Waals surface area contributed by atoms with Crippen molar-refractivity contribution in [2.24, 2.45) is 0 Å². The van der Waals surface area contributed by atoms with E-state index < -0.39 is 0 Å². The van der Waals surface area contributed by atoms with Crippen LogP contribution in [0.25, 0.3) is 6.08 Å². The molecule has 0 atom stereocenters. The number of allylic oxidation sites excluding steroid dienone is 1. The number of rotatable bonds is 13. The molecule has 1 rings (SSSR count). The van der Waals surface area contributed by atoms with Crippen molar-refractivity contribution in [2.45, 2.75) is 84.0 Å². The Kier molecular flexibility index (Phi) is 11.5. The zero-order valence-electron chi connectivity index (χ0n) is 14.4. The van der Waals surface area contributed by atoms with Gasteiger partial charge in [0.2, 0.25) is 0 Å². The Morgan fingerprint density at radius 2 is 1.41 bits per heavy atom. The van der Waals surface area contributed by atoms with E-state index in [0.29, 0.717) is 5.75 Å². The van der Waals surface area contributed by atoms with Crippen molar-refractivity contribution in [2.75, 3.05) is 0 Å². The van der Waals surface area contributed by atoms with Crippen LogP contribution in [0.4, 0.5) is 0 Å². The summed E-state index contributed by atoms with van der Waals surface area (Å²) >= 11 is 0. The first-order valence-electron chi connectivity index (χ1n) is 9.28. The molecule has 1 heteroatoms. The molecule has 0 aliphatic carbocycles. The molecule has 0 spiro atoms. The van der Waals surface area contributed by atoms with Crippen LogP contribution >= 0.6 is 0 Å². The fraction of sp³-hybridized carbons (Fsp3) is 0.619. The van der Waals surface area contributed by atoms with E-state index in [0.717, 1.165) is 12.0 Å². The maximum absolute atomic E-state index is 9.38. The lowest BCUT2D eigenvalue weighted by Gasteiger charge is -2.01. The number of phenolic OH excluding ortho intramolecular Hbond substituents is 1. The SMILES string of the molecule is CCCCCCCCCCCCC/C=C/c1cccc(O)c1. The van der Waals surface area contributed by atoms with Gasteiger partial charge in [0.05, 0.1) is 0 Å². The molecule has 1 nitrogen and oxygen atoms in total. The Balaban J connectivity index is 1.87. The average molecular weight is 303 g/mol. The van der Waals surface area contributed by atoms with Crippen molar-refractivity contribution in [1.82, 2.24) is 0 Å². The van der Waals surface area contributed by atoms with E-state index in [-0.39, 0.29) is 0 Å². The Hall–Kier alpha value is -1.24. The summed E-state index contributed by atoms with van der Waals surface area (Å²) in [7, 11) is 0. The normalized spacial score (nSPS) is 11.3. The Morgan fingerprint density at radius 1 is 0.818 bits per heavy atom. The summed E-state index contributed by atoms with van der Waals surface area (Å²) in [6, 6.07) is 7.42. The number of phenols is 1. The van der Waals surface area contributed by atoms with E-state index in [1.165, 1.54) is 70.6 Å². The monoisotopic (exact) mass is 302 g/mol. The number of hydrogen-bond donors (Lipinski definition) is 1. The van der Waals surface area contributed by atoms with Crippen LogP contribution in [0.5, 0.6) is 5.75 Å². The quantitative estimate of drug-likeness (QED) is 0.385. The van der Waals surface area contributed by atoms with Gasteiger partial charge in [-0.1, -0.05) is 95.4 Å². The summed E-state index contributed by atoms with van der Waals surface area (Å²) in [6.45, 7) is 2.28. The van der Waals surface area contributed by atoms with Crippen molar-refractivity contribution in [3.63, 3.8) is 0 Å². The van der Waals surface area contributed by atoms with Crippen molar-refractivity contribution in [3.8, 4) is 5.75 Å². The Bertz CT molecular complexity index is 395. The van der Waals surface area contributed by atoms with Crippen LogP contribution in [0.1, 0.15) is 89.5 Å². The standard InChI is InChI=1S/C21H34O/c1-2-3-4-5-6-7-8-9-10-11-12-13-14-16-20-17-15-18-21(22)19-20/h14-19,22H,2-13H2,1H3/b16-14+. The second kappa shape index (κ2) is 13.4. The molecule has 0 fully saturated rings. The Labute approximate surface area is 137 Å². The fourth-order valence-electron chi connectivity index (χ4n) is 2.77. The second-order valence-corrected chi connectivity index (χ2v) is 6.32. The minimum atomic E-state index is 0.344. The van der Waals surface area contributed by atoms with Crippen LogP contribution < -0.4 is 0 Å². The maximum Gasteiger partial charge on any atom is 0.116 e. The van der Waals surface area contributed by atoms with E-state index in [2.05, 4.69) is 19.1 Å². The van der Waals surface area contributed by atoms with Gasteiger partial charge in [0.15, 0.2) is 0 Å². The molecule has 0 aliphatic rings. The lowest BCUT2D eigenvalue weighted by atomic mass is 10.1. The topological polar surface area (TPSA) is 20.2 Å². The maximum atomic E-state index is 9.38. The predicted octanol–water partition coefficient (Wildman–Crippen LogP) is 7.11. The second-order valence-electron chi connectivity index (χ2n) is 6.32. The molecular formula is C21H34O. The van der Waals surface area contributed by atoms with Crippen LogP contribution in [-0.4, -0.2) is 5.11 Å². The van der Waals surface area contributed by atoms with Crippen LogP contribution in [0.3, 0.4) is 0 Å². The van der Waals surface area contributed by atoms with Gasteiger partial charge >= 0.3 is 0 Å². The van der Waals surface area contributed by atoms with Crippen LogP contribution in [-0.2, 0) is 0 Å². The van der Waals surface area contributed by atoms with Gasteiger partial charge in [-0.15, -0.1) is 0 Å². The summed E-state index contributed by atoms with van der Waals surface area (Å²) in [4.78, 5) is 0. The number of aromatic hydroxyl groups is 1. The molecule has 0 amide bonds. The lowest BCUT2D eigenvalue weighted by molar-refractivity contribution is 0.475. The van der Waals surface area contributed by atoms with Gasteiger partial charge in [-0.2, -0.15) is 0 Å². The molecule has 124 valence electrons. The van der Waals surface area contributed by atoms with Crippen LogP contribution in [0.15, 0.2) is 30.3 Å². The molecule has 0 aliphatic heterocycles. The highest BCUT2D eigenvalue weighted by Gasteiger charge is 1.93. The largest absolute Gasteiger partial charge is 0.508 e. The zero-order valence-corrected chi connectivity index (χ0v) is 14.4. The van der Waals surface area contributed by atoms with E-state index >= 15 is 0 Å². The van der Waals surface area contributed by atoms with Crippen molar-refractivity contribution < 1.29 is 5.11 Å². The first-order valence-corrected chi connectivity index (χ1v) is 9.28. The van der Waals surface area contributed by atoms with Gasteiger partial charge in [-0.3, -0.25) is 0 Å². The minimum Gasteiger partial charge on any atom is -0.508 e. The fourth-order valence-corrected chi connectivity index (χ4v) is 2.77. The molecular weight excluding hydrogens is 268 g/mol. The van der Waals surface area contributed by atoms with Crippen LogP contribution in [0.2, 0.25) is 0 Å². The van der Waals surface area contributed by atoms with Gasteiger partial charge in [0, 0.05) is 0 Å². The summed E-state index contributed by atoms with van der Waals surface area (Å²) in [5.41, 5.74) is 1.09. The number of unbranched alkanes of at least 4 members (excludes halogenated alkanes) is 11. The molecule has 0 heterocycles. The smallest absolute Gasteiger partial charge is 0.116 e. The van der Waals surface area contributed by atoms with Gasteiger partial charge in [0.1, 0.15) is 5.75 Å². The predicted molar refractivity (Wildman–Crippen MR) is 98.2 cm³/mol. The Morgan fingerprint density at radius 3 is 2.00 bits per heavy atom. The molecule has 1 aromatic rings. The first kappa shape index (κ1) is 18.8. The number of benzene rings is 1. The zero-order chi connectivity index (χ0) is 15.9. The van der Waals surface area contributed by atoms with E-state index in [1.54, 1.807) is 12.1 Å². The van der Waals surface area contributed by atoms with E-state index in [1.807, 2.05) is 12.1 Å². The molecule has 0 saturated carbocycles. The summed E-state index contributed by atoms with van der Waals surface area (Å²) < 4.78 is 0. The third-order valence-electron chi connectivity index (χ3n) is 4.15. The molecule has 0 bridgehead atoms. The average Bonchev–Trinajstić information content (AvgIpc) is 2.52.